The SMILES string of the molecule is CC1CCCN(C(=O)NC(Cc2ccccc2)C(=O)O)C1. The van der Waals surface area contributed by atoms with Crippen LogP contribution < -0.4 is 5.32 Å². The first-order chi connectivity index (χ1) is 10.1. The largest absolute Gasteiger partial charge is 0.480 e. The smallest absolute Gasteiger partial charge is 0.326 e. The van der Waals surface area contributed by atoms with Gasteiger partial charge in [0.2, 0.25) is 0 Å². The predicted octanol–water partition coefficient (Wildman–Crippen LogP) is 2.12. The van der Waals surface area contributed by atoms with Gasteiger partial charge in [-0.05, 0) is 24.3 Å². The van der Waals surface area contributed by atoms with Crippen LogP contribution in [0.2, 0.25) is 0 Å². The number of amides is 2. The number of benzene rings is 1. The number of urea groups is 1. The van der Waals surface area contributed by atoms with Gasteiger partial charge in [-0.3, -0.25) is 0 Å². The third-order valence-corrected chi connectivity index (χ3v) is 3.82. The van der Waals surface area contributed by atoms with Crippen LogP contribution in [-0.2, 0) is 11.2 Å². The van der Waals surface area contributed by atoms with Crippen molar-refractivity contribution in [2.24, 2.45) is 5.92 Å². The molecule has 0 bridgehead atoms. The van der Waals surface area contributed by atoms with Gasteiger partial charge in [0.25, 0.3) is 0 Å². The summed E-state index contributed by atoms with van der Waals surface area (Å²) in [5, 5.41) is 11.9. The van der Waals surface area contributed by atoms with Crippen molar-refractivity contribution in [2.75, 3.05) is 13.1 Å². The number of nitrogens with one attached hydrogen (secondary N) is 1. The number of likely N-dealkylation sites (tertiary alicyclic amines) is 1. The Morgan fingerprint density at radius 3 is 2.71 bits per heavy atom. The van der Waals surface area contributed by atoms with Crippen LogP contribution in [0.4, 0.5) is 4.79 Å². The molecule has 0 radical (unpaired) electrons. The molecule has 0 aliphatic carbocycles. The first kappa shape index (κ1) is 15.4. The summed E-state index contributed by atoms with van der Waals surface area (Å²) in [6, 6.07) is 8.18. The van der Waals surface area contributed by atoms with E-state index < -0.39 is 12.0 Å². The second kappa shape index (κ2) is 7.11. The Hall–Kier alpha value is -2.04. The van der Waals surface area contributed by atoms with Crippen molar-refractivity contribution in [3.05, 3.63) is 35.9 Å². The first-order valence-electron chi connectivity index (χ1n) is 7.38. The molecule has 2 unspecified atom stereocenters. The summed E-state index contributed by atoms with van der Waals surface area (Å²) in [6.07, 6.45) is 2.40. The van der Waals surface area contributed by atoms with E-state index in [0.29, 0.717) is 25.4 Å². The number of carbonyl (C=O) groups is 2. The summed E-state index contributed by atoms with van der Waals surface area (Å²) in [6.45, 7) is 3.51. The van der Waals surface area contributed by atoms with E-state index in [1.54, 1.807) is 4.90 Å². The van der Waals surface area contributed by atoms with Gasteiger partial charge < -0.3 is 15.3 Å². The number of carboxylic acid groups (broad SMARTS) is 1. The number of carboxylic acids is 1. The molecule has 1 aliphatic rings. The molecule has 0 aromatic heterocycles. The van der Waals surface area contributed by atoms with Gasteiger partial charge in [-0.15, -0.1) is 0 Å². The van der Waals surface area contributed by atoms with Crippen LogP contribution in [0.5, 0.6) is 0 Å². The Bertz CT molecular complexity index is 490. The average Bonchev–Trinajstić information content (AvgIpc) is 2.47. The van der Waals surface area contributed by atoms with Crippen LogP contribution >= 0.6 is 0 Å². The van der Waals surface area contributed by atoms with Gasteiger partial charge in [-0.2, -0.15) is 0 Å². The summed E-state index contributed by atoms with van der Waals surface area (Å²) >= 11 is 0. The van der Waals surface area contributed by atoms with Gasteiger partial charge in [-0.1, -0.05) is 37.3 Å². The number of piperidine rings is 1. The van der Waals surface area contributed by atoms with E-state index in [2.05, 4.69) is 12.2 Å². The topological polar surface area (TPSA) is 69.6 Å². The number of aliphatic carboxylic acids is 1. The van der Waals surface area contributed by atoms with E-state index in [4.69, 9.17) is 0 Å². The van der Waals surface area contributed by atoms with E-state index in [-0.39, 0.29) is 6.03 Å². The van der Waals surface area contributed by atoms with Crippen LogP contribution in [0, 0.1) is 5.92 Å². The summed E-state index contributed by atoms with van der Waals surface area (Å²) in [5.41, 5.74) is 0.900. The molecule has 0 spiro atoms. The third-order valence-electron chi connectivity index (χ3n) is 3.82. The van der Waals surface area contributed by atoms with Gasteiger partial charge in [0, 0.05) is 19.5 Å². The molecule has 21 heavy (non-hydrogen) atoms. The lowest BCUT2D eigenvalue weighted by Gasteiger charge is -2.31. The van der Waals surface area contributed by atoms with Crippen LogP contribution in [0.3, 0.4) is 0 Å². The van der Waals surface area contributed by atoms with Gasteiger partial charge in [-0.25, -0.2) is 9.59 Å². The molecule has 1 aromatic carbocycles. The highest BCUT2D eigenvalue weighted by Crippen LogP contribution is 2.15. The van der Waals surface area contributed by atoms with Crippen molar-refractivity contribution in [1.29, 1.82) is 0 Å². The molecule has 114 valence electrons. The molecule has 5 heteroatoms. The zero-order chi connectivity index (χ0) is 15.2. The number of hydrogen-bond acceptors (Lipinski definition) is 2. The van der Waals surface area contributed by atoms with Crippen LogP contribution in [0.15, 0.2) is 30.3 Å². The average molecular weight is 290 g/mol. The molecule has 1 heterocycles. The van der Waals surface area contributed by atoms with Crippen molar-refractivity contribution < 1.29 is 14.7 Å². The molecule has 1 fully saturated rings. The summed E-state index contributed by atoms with van der Waals surface area (Å²) in [4.78, 5) is 25.3. The fourth-order valence-electron chi connectivity index (χ4n) is 2.66. The number of rotatable bonds is 4. The lowest BCUT2D eigenvalue weighted by atomic mass is 10.0. The number of nitrogens with zero attached hydrogens (tertiary/aromatic N) is 1. The summed E-state index contributed by atoms with van der Waals surface area (Å²) in [7, 11) is 0. The Balaban J connectivity index is 1.96. The van der Waals surface area contributed by atoms with E-state index in [1.807, 2.05) is 30.3 Å². The molecular weight excluding hydrogens is 268 g/mol. The zero-order valence-corrected chi connectivity index (χ0v) is 12.3. The maximum Gasteiger partial charge on any atom is 0.326 e. The van der Waals surface area contributed by atoms with Crippen LogP contribution in [0.25, 0.3) is 0 Å². The second-order valence-corrected chi connectivity index (χ2v) is 5.72. The van der Waals surface area contributed by atoms with Gasteiger partial charge >= 0.3 is 12.0 Å². The molecule has 2 rings (SSSR count). The maximum absolute atomic E-state index is 12.2. The highest BCUT2D eigenvalue weighted by molar-refractivity contribution is 5.82. The fourth-order valence-corrected chi connectivity index (χ4v) is 2.66. The van der Waals surface area contributed by atoms with E-state index >= 15 is 0 Å². The minimum Gasteiger partial charge on any atom is -0.480 e. The Morgan fingerprint density at radius 1 is 1.38 bits per heavy atom. The lowest BCUT2D eigenvalue weighted by Crippen LogP contribution is -2.51. The van der Waals surface area contributed by atoms with Crippen molar-refractivity contribution in [2.45, 2.75) is 32.2 Å². The Kier molecular flexibility index (Phi) is 5.20. The molecule has 2 N–H and O–H groups in total. The zero-order valence-electron chi connectivity index (χ0n) is 12.3. The summed E-state index contributed by atoms with van der Waals surface area (Å²) < 4.78 is 0. The number of carbonyl (C=O) groups excluding carboxylic acids is 1. The van der Waals surface area contributed by atoms with E-state index in [9.17, 15) is 14.7 Å². The second-order valence-electron chi connectivity index (χ2n) is 5.72. The quantitative estimate of drug-likeness (QED) is 0.892. The van der Waals surface area contributed by atoms with Gasteiger partial charge in [0.15, 0.2) is 0 Å². The van der Waals surface area contributed by atoms with Gasteiger partial charge in [0.05, 0.1) is 0 Å². The molecule has 2 amide bonds. The monoisotopic (exact) mass is 290 g/mol. The van der Waals surface area contributed by atoms with Crippen molar-refractivity contribution in [3.8, 4) is 0 Å². The summed E-state index contributed by atoms with van der Waals surface area (Å²) in [5.74, 6) is -0.529. The molecule has 2 atom stereocenters. The first-order valence-corrected chi connectivity index (χ1v) is 7.38. The lowest BCUT2D eigenvalue weighted by molar-refractivity contribution is -0.139. The highest BCUT2D eigenvalue weighted by Gasteiger charge is 2.26. The Morgan fingerprint density at radius 2 is 2.10 bits per heavy atom. The molecular formula is C16H22N2O3. The van der Waals surface area contributed by atoms with Crippen molar-refractivity contribution in [1.82, 2.24) is 10.2 Å². The molecule has 1 aliphatic heterocycles. The maximum atomic E-state index is 12.2. The van der Waals surface area contributed by atoms with E-state index in [0.717, 1.165) is 18.4 Å². The molecule has 1 aromatic rings. The predicted molar refractivity (Wildman–Crippen MR) is 80.1 cm³/mol. The van der Waals surface area contributed by atoms with Crippen molar-refractivity contribution in [3.63, 3.8) is 0 Å². The highest BCUT2D eigenvalue weighted by atomic mass is 16.4. The van der Waals surface area contributed by atoms with Crippen LogP contribution in [-0.4, -0.2) is 41.1 Å². The number of hydrogen-bond donors (Lipinski definition) is 2. The van der Waals surface area contributed by atoms with Crippen molar-refractivity contribution >= 4 is 12.0 Å². The van der Waals surface area contributed by atoms with Crippen LogP contribution in [0.1, 0.15) is 25.3 Å². The van der Waals surface area contributed by atoms with E-state index in [1.165, 1.54) is 0 Å². The van der Waals surface area contributed by atoms with Gasteiger partial charge in [0.1, 0.15) is 6.04 Å². The minimum absolute atomic E-state index is 0.273. The molecule has 5 nitrogen and oxygen atoms in total. The minimum atomic E-state index is -1.00. The Labute approximate surface area is 125 Å². The normalized spacial score (nSPS) is 19.9. The standard InChI is InChI=1S/C16H22N2O3/c1-12-6-5-9-18(11-12)16(21)17-14(15(19)20)10-13-7-3-2-4-8-13/h2-4,7-8,12,14H,5-6,9-11H2,1H3,(H,17,21)(H,19,20). The molecule has 1 saturated heterocycles. The third kappa shape index (κ3) is 4.48. The fraction of sp³-hybridized carbons (Fsp3) is 0.500. The molecule has 0 saturated carbocycles.